The maximum atomic E-state index is 13.7. The molecule has 3 rings (SSSR count). The van der Waals surface area contributed by atoms with Gasteiger partial charge in [-0.2, -0.15) is 9.37 Å². The molecular weight excluding hydrogens is 255 g/mol. The molecule has 0 spiro atoms. The van der Waals surface area contributed by atoms with Crippen LogP contribution in [0.1, 0.15) is 19.3 Å². The zero-order valence-corrected chi connectivity index (χ0v) is 10.6. The summed E-state index contributed by atoms with van der Waals surface area (Å²) < 4.78 is 39.8. The van der Waals surface area contributed by atoms with Crippen LogP contribution in [0.15, 0.2) is 6.07 Å². The van der Waals surface area contributed by atoms with E-state index in [0.29, 0.717) is 25.2 Å². The van der Waals surface area contributed by atoms with Crippen molar-refractivity contribution in [2.75, 3.05) is 31.1 Å². The molecule has 1 aromatic rings. The molecular formula is C13H16F3N3. The minimum atomic E-state index is -1.24. The lowest BCUT2D eigenvalue weighted by molar-refractivity contribution is 0.132. The van der Waals surface area contributed by atoms with E-state index in [2.05, 4.69) is 9.88 Å². The lowest BCUT2D eigenvalue weighted by Gasteiger charge is -2.44. The van der Waals surface area contributed by atoms with Crippen molar-refractivity contribution in [2.24, 2.45) is 0 Å². The molecule has 2 aliphatic heterocycles. The fraction of sp³-hybridized carbons (Fsp3) is 0.615. The Morgan fingerprint density at radius 3 is 2.74 bits per heavy atom. The predicted molar refractivity (Wildman–Crippen MR) is 65.5 cm³/mol. The maximum absolute atomic E-state index is 13.7. The van der Waals surface area contributed by atoms with Crippen LogP contribution in [0.5, 0.6) is 0 Å². The lowest BCUT2D eigenvalue weighted by Crippen LogP contribution is -2.55. The fourth-order valence-electron chi connectivity index (χ4n) is 3.01. The second-order valence-corrected chi connectivity index (χ2v) is 5.20. The molecule has 0 amide bonds. The van der Waals surface area contributed by atoms with Gasteiger partial charge in [0.1, 0.15) is 0 Å². The first-order valence-electron chi connectivity index (χ1n) is 6.65. The number of hydrogen-bond donors (Lipinski definition) is 0. The molecule has 0 N–H and O–H groups in total. The van der Waals surface area contributed by atoms with Crippen molar-refractivity contribution in [3.63, 3.8) is 0 Å². The number of aromatic nitrogens is 1. The Hall–Kier alpha value is -1.30. The molecule has 1 atom stereocenters. The molecule has 2 fully saturated rings. The Bertz CT molecular complexity index is 480. The van der Waals surface area contributed by atoms with Gasteiger partial charge in [-0.25, -0.2) is 8.78 Å². The van der Waals surface area contributed by atoms with E-state index >= 15 is 0 Å². The van der Waals surface area contributed by atoms with Crippen LogP contribution >= 0.6 is 0 Å². The lowest BCUT2D eigenvalue weighted by atomic mass is 9.99. The molecule has 0 radical (unpaired) electrons. The van der Waals surface area contributed by atoms with Crippen molar-refractivity contribution in [2.45, 2.75) is 25.3 Å². The number of piperazine rings is 1. The molecule has 104 valence electrons. The normalized spacial score (nSPS) is 24.4. The topological polar surface area (TPSA) is 19.4 Å². The van der Waals surface area contributed by atoms with Crippen LogP contribution in [-0.4, -0.2) is 42.1 Å². The van der Waals surface area contributed by atoms with Gasteiger partial charge in [0.25, 0.3) is 5.95 Å². The van der Waals surface area contributed by atoms with Crippen LogP contribution in [0.4, 0.5) is 19.0 Å². The van der Waals surface area contributed by atoms with Gasteiger partial charge in [-0.1, -0.05) is 6.42 Å². The summed E-state index contributed by atoms with van der Waals surface area (Å²) in [5, 5.41) is 0. The van der Waals surface area contributed by atoms with Crippen molar-refractivity contribution in [1.82, 2.24) is 9.88 Å². The van der Waals surface area contributed by atoms with Crippen molar-refractivity contribution >= 4 is 5.82 Å². The average Bonchev–Trinajstić information content (AvgIpc) is 2.42. The Kier molecular flexibility index (Phi) is 3.35. The van der Waals surface area contributed by atoms with Crippen molar-refractivity contribution in [3.05, 3.63) is 23.6 Å². The van der Waals surface area contributed by atoms with E-state index < -0.39 is 17.6 Å². The van der Waals surface area contributed by atoms with Crippen LogP contribution in [0.3, 0.4) is 0 Å². The van der Waals surface area contributed by atoms with Crippen molar-refractivity contribution < 1.29 is 13.2 Å². The molecule has 2 saturated heterocycles. The highest BCUT2D eigenvalue weighted by molar-refractivity contribution is 5.41. The minimum absolute atomic E-state index is 0.0656. The molecule has 0 aliphatic carbocycles. The number of hydrogen-bond acceptors (Lipinski definition) is 3. The highest BCUT2D eigenvalue weighted by atomic mass is 19.2. The summed E-state index contributed by atoms with van der Waals surface area (Å²) in [7, 11) is 0. The molecule has 1 aromatic heterocycles. The molecule has 0 bridgehead atoms. The molecule has 2 aliphatic rings. The summed E-state index contributed by atoms with van der Waals surface area (Å²) >= 11 is 0. The average molecular weight is 271 g/mol. The number of nitrogens with zero attached hydrogens (tertiary/aromatic N) is 3. The molecule has 3 heterocycles. The molecule has 0 saturated carbocycles. The van der Waals surface area contributed by atoms with Gasteiger partial charge < -0.3 is 4.90 Å². The van der Waals surface area contributed by atoms with Gasteiger partial charge in [-0.05, 0) is 19.4 Å². The molecule has 0 aromatic carbocycles. The van der Waals surface area contributed by atoms with Crippen LogP contribution in [0.25, 0.3) is 0 Å². The number of pyridine rings is 1. The van der Waals surface area contributed by atoms with E-state index in [9.17, 15) is 13.2 Å². The highest BCUT2D eigenvalue weighted by Gasteiger charge is 2.31. The Morgan fingerprint density at radius 2 is 1.89 bits per heavy atom. The first kappa shape index (κ1) is 12.7. The van der Waals surface area contributed by atoms with E-state index in [4.69, 9.17) is 0 Å². The van der Waals surface area contributed by atoms with Crippen LogP contribution < -0.4 is 4.90 Å². The third kappa shape index (κ3) is 2.41. The highest BCUT2D eigenvalue weighted by Crippen LogP contribution is 2.26. The van der Waals surface area contributed by atoms with Gasteiger partial charge in [0.05, 0.1) is 0 Å². The van der Waals surface area contributed by atoms with Gasteiger partial charge in [-0.3, -0.25) is 4.90 Å². The minimum Gasteiger partial charge on any atom is -0.351 e. The van der Waals surface area contributed by atoms with Gasteiger partial charge in [0, 0.05) is 31.7 Å². The largest absolute Gasteiger partial charge is 0.351 e. The van der Waals surface area contributed by atoms with E-state index in [-0.39, 0.29) is 5.82 Å². The first-order chi connectivity index (χ1) is 9.15. The van der Waals surface area contributed by atoms with E-state index in [1.54, 1.807) is 4.90 Å². The Morgan fingerprint density at radius 1 is 1.05 bits per heavy atom. The van der Waals surface area contributed by atoms with Crippen molar-refractivity contribution in [3.8, 4) is 0 Å². The number of rotatable bonds is 1. The quantitative estimate of drug-likeness (QED) is 0.730. The van der Waals surface area contributed by atoms with E-state index in [0.717, 1.165) is 19.5 Å². The fourth-order valence-corrected chi connectivity index (χ4v) is 3.01. The zero-order chi connectivity index (χ0) is 13.4. The molecule has 6 heteroatoms. The monoisotopic (exact) mass is 271 g/mol. The van der Waals surface area contributed by atoms with Crippen LogP contribution in [-0.2, 0) is 0 Å². The SMILES string of the molecule is Fc1cc(F)c(N2CCN3CCCCC3C2)nc1F. The Balaban J connectivity index is 1.81. The Labute approximate surface area is 110 Å². The number of piperidine rings is 1. The second-order valence-electron chi connectivity index (χ2n) is 5.20. The van der Waals surface area contributed by atoms with Gasteiger partial charge in [0.2, 0.25) is 0 Å². The second kappa shape index (κ2) is 5.00. The van der Waals surface area contributed by atoms with Gasteiger partial charge in [0.15, 0.2) is 17.5 Å². The van der Waals surface area contributed by atoms with Gasteiger partial charge in [-0.15, -0.1) is 0 Å². The third-order valence-corrected chi connectivity index (χ3v) is 4.01. The summed E-state index contributed by atoms with van der Waals surface area (Å²) in [4.78, 5) is 7.54. The predicted octanol–water partition coefficient (Wildman–Crippen LogP) is 2.17. The molecule has 19 heavy (non-hydrogen) atoms. The summed E-state index contributed by atoms with van der Waals surface area (Å²) in [6.45, 7) is 3.14. The summed E-state index contributed by atoms with van der Waals surface area (Å²) in [5.41, 5.74) is 0. The number of halogens is 3. The maximum Gasteiger partial charge on any atom is 0.251 e. The summed E-state index contributed by atoms with van der Waals surface area (Å²) in [6, 6.07) is 0.946. The van der Waals surface area contributed by atoms with E-state index in [1.807, 2.05) is 0 Å². The summed E-state index contributed by atoms with van der Waals surface area (Å²) in [5.74, 6) is -3.33. The smallest absolute Gasteiger partial charge is 0.251 e. The molecule has 3 nitrogen and oxygen atoms in total. The number of fused-ring (bicyclic) bond motifs is 1. The third-order valence-electron chi connectivity index (χ3n) is 4.01. The van der Waals surface area contributed by atoms with E-state index in [1.165, 1.54) is 12.8 Å². The first-order valence-corrected chi connectivity index (χ1v) is 6.65. The summed E-state index contributed by atoms with van der Waals surface area (Å²) in [6.07, 6.45) is 3.44. The zero-order valence-electron chi connectivity index (χ0n) is 10.6. The van der Waals surface area contributed by atoms with Crippen molar-refractivity contribution in [1.29, 1.82) is 0 Å². The van der Waals surface area contributed by atoms with Crippen LogP contribution in [0.2, 0.25) is 0 Å². The van der Waals surface area contributed by atoms with Gasteiger partial charge >= 0.3 is 0 Å². The molecule has 1 unspecified atom stereocenters. The number of anilines is 1. The standard InChI is InChI=1S/C13H16F3N3/c14-10-7-11(15)13(17-12(10)16)19-6-5-18-4-2-1-3-9(18)8-19/h7,9H,1-6,8H2. The van der Waals surface area contributed by atoms with Crippen LogP contribution in [0, 0.1) is 17.6 Å².